The number of methoxy groups -OCH3 is 1. The molecule has 1 saturated heterocycles. The fourth-order valence-corrected chi connectivity index (χ4v) is 4.67. The van der Waals surface area contributed by atoms with E-state index in [2.05, 4.69) is 19.1 Å². The van der Waals surface area contributed by atoms with E-state index in [1.807, 2.05) is 81.4 Å². The predicted octanol–water partition coefficient (Wildman–Crippen LogP) is 7.03. The van der Waals surface area contributed by atoms with Crippen LogP contribution in [0.25, 0.3) is 0 Å². The number of carbonyl (C=O) groups is 1. The van der Waals surface area contributed by atoms with Crippen LogP contribution in [0.2, 0.25) is 0 Å². The van der Waals surface area contributed by atoms with Crippen molar-refractivity contribution in [3.05, 3.63) is 83.9 Å². The Balaban J connectivity index is 1.79. The minimum atomic E-state index is -0.798. The van der Waals surface area contributed by atoms with Crippen LogP contribution in [0.4, 0.5) is 0 Å². The Hall–Kier alpha value is -2.55. The highest BCUT2D eigenvalue weighted by Crippen LogP contribution is 2.33. The van der Waals surface area contributed by atoms with Gasteiger partial charge in [0.25, 0.3) is 0 Å². The number of rotatable bonds is 17. The van der Waals surface area contributed by atoms with Crippen LogP contribution >= 0.6 is 0 Å². The lowest BCUT2D eigenvalue weighted by molar-refractivity contribution is -0.317. The zero-order valence-corrected chi connectivity index (χ0v) is 26.0. The summed E-state index contributed by atoms with van der Waals surface area (Å²) < 4.78 is 37.1. The van der Waals surface area contributed by atoms with E-state index in [-0.39, 0.29) is 12.1 Å². The van der Waals surface area contributed by atoms with Gasteiger partial charge in [0.15, 0.2) is 12.4 Å². The van der Waals surface area contributed by atoms with Gasteiger partial charge < -0.3 is 28.4 Å². The standard InChI is InChI=1S/C35H50O7/c1-6-29-30(39-25-27-19-13-11-14-20-27)31(40-26-28-21-15-12-16-22-28)32(42-34(36)35(2,3)4)33(41-29)38-24-18-10-8-7-9-17-23-37-5/h7-8,11-16,19-22,29-33H,6,9-10,17-18,23-26H2,1-5H3/b8-7-/t29?,30-,31-,32?,33+/m0/s1. The first-order valence-corrected chi connectivity index (χ1v) is 15.3. The second-order valence-corrected chi connectivity index (χ2v) is 11.7. The van der Waals surface area contributed by atoms with E-state index in [4.69, 9.17) is 28.4 Å². The Morgan fingerprint density at radius 3 is 1.86 bits per heavy atom. The Labute approximate surface area is 252 Å². The third-order valence-electron chi connectivity index (χ3n) is 7.10. The molecule has 5 atom stereocenters. The lowest BCUT2D eigenvalue weighted by atomic mass is 9.94. The summed E-state index contributed by atoms with van der Waals surface area (Å²) in [5.41, 5.74) is 1.37. The first kappa shape index (κ1) is 33.9. The van der Waals surface area contributed by atoms with E-state index in [9.17, 15) is 4.79 Å². The summed E-state index contributed by atoms with van der Waals surface area (Å²) in [5, 5.41) is 0. The molecule has 0 N–H and O–H groups in total. The van der Waals surface area contributed by atoms with Crippen molar-refractivity contribution >= 4 is 5.97 Å². The van der Waals surface area contributed by atoms with Crippen LogP contribution < -0.4 is 0 Å². The number of hydrogen-bond donors (Lipinski definition) is 0. The summed E-state index contributed by atoms with van der Waals surface area (Å²) in [6.45, 7) is 9.54. The number of carbonyl (C=O) groups excluding carboxylic acids is 1. The second kappa shape index (κ2) is 18.2. The van der Waals surface area contributed by atoms with E-state index in [0.29, 0.717) is 26.2 Å². The fourth-order valence-electron chi connectivity index (χ4n) is 4.67. The molecule has 7 nitrogen and oxygen atoms in total. The second-order valence-electron chi connectivity index (χ2n) is 11.7. The van der Waals surface area contributed by atoms with Gasteiger partial charge in [-0.05, 0) is 64.0 Å². The van der Waals surface area contributed by atoms with Crippen molar-refractivity contribution in [3.8, 4) is 0 Å². The quantitative estimate of drug-likeness (QED) is 0.113. The molecular weight excluding hydrogens is 532 g/mol. The minimum Gasteiger partial charge on any atom is -0.454 e. The third-order valence-corrected chi connectivity index (χ3v) is 7.10. The largest absolute Gasteiger partial charge is 0.454 e. The lowest BCUT2D eigenvalue weighted by Gasteiger charge is -2.46. The van der Waals surface area contributed by atoms with Crippen molar-refractivity contribution in [2.75, 3.05) is 20.3 Å². The number of esters is 1. The smallest absolute Gasteiger partial charge is 0.311 e. The molecule has 232 valence electrons. The van der Waals surface area contributed by atoms with E-state index in [0.717, 1.165) is 43.4 Å². The van der Waals surface area contributed by atoms with Crippen molar-refractivity contribution in [1.29, 1.82) is 0 Å². The van der Waals surface area contributed by atoms with Crippen LogP contribution in [-0.2, 0) is 46.4 Å². The van der Waals surface area contributed by atoms with Gasteiger partial charge in [-0.1, -0.05) is 79.7 Å². The summed E-state index contributed by atoms with van der Waals surface area (Å²) in [6.07, 6.45) is 5.82. The predicted molar refractivity (Wildman–Crippen MR) is 164 cm³/mol. The van der Waals surface area contributed by atoms with Crippen molar-refractivity contribution in [2.45, 2.75) is 104 Å². The van der Waals surface area contributed by atoms with Crippen LogP contribution in [-0.4, -0.2) is 57.0 Å². The highest BCUT2D eigenvalue weighted by atomic mass is 16.7. The van der Waals surface area contributed by atoms with Crippen LogP contribution in [0, 0.1) is 5.41 Å². The SMILES string of the molecule is CCC1O[C@@H](OCCC/C=C\CCCOC)C(OC(=O)C(C)(C)C)[C@@H](OCc2ccccc2)[C@H]1OCc1ccccc1. The monoisotopic (exact) mass is 582 g/mol. The average molecular weight is 583 g/mol. The summed E-state index contributed by atoms with van der Waals surface area (Å²) >= 11 is 0. The van der Waals surface area contributed by atoms with Crippen LogP contribution in [0.1, 0.15) is 70.9 Å². The van der Waals surface area contributed by atoms with Crippen molar-refractivity contribution in [2.24, 2.45) is 5.41 Å². The van der Waals surface area contributed by atoms with E-state index in [1.54, 1.807) is 7.11 Å². The van der Waals surface area contributed by atoms with Gasteiger partial charge in [0.1, 0.15) is 12.2 Å². The number of allylic oxidation sites excluding steroid dienone is 2. The average Bonchev–Trinajstić information content (AvgIpc) is 2.99. The highest BCUT2D eigenvalue weighted by Gasteiger charge is 2.50. The molecule has 0 aromatic heterocycles. The molecule has 0 amide bonds. The topological polar surface area (TPSA) is 72.5 Å². The number of unbranched alkanes of at least 4 members (excludes halogenated alkanes) is 2. The van der Waals surface area contributed by atoms with Gasteiger partial charge in [-0.15, -0.1) is 0 Å². The highest BCUT2D eigenvalue weighted by molar-refractivity contribution is 5.75. The molecule has 0 spiro atoms. The molecule has 2 aromatic rings. The maximum Gasteiger partial charge on any atom is 0.311 e. The maximum absolute atomic E-state index is 13.2. The first-order valence-electron chi connectivity index (χ1n) is 15.3. The minimum absolute atomic E-state index is 0.301. The van der Waals surface area contributed by atoms with Gasteiger partial charge in [0, 0.05) is 13.7 Å². The molecule has 2 aromatic carbocycles. The molecule has 1 heterocycles. The van der Waals surface area contributed by atoms with Gasteiger partial charge in [0.2, 0.25) is 0 Å². The Morgan fingerprint density at radius 1 is 0.786 bits per heavy atom. The van der Waals surface area contributed by atoms with Crippen molar-refractivity contribution < 1.29 is 33.2 Å². The molecule has 0 bridgehead atoms. The molecule has 0 aliphatic carbocycles. The van der Waals surface area contributed by atoms with Gasteiger partial charge in [-0.2, -0.15) is 0 Å². The molecule has 7 heteroatoms. The molecule has 1 aliphatic heterocycles. The zero-order valence-electron chi connectivity index (χ0n) is 26.0. The summed E-state index contributed by atoms with van der Waals surface area (Å²) in [6, 6.07) is 20.0. The molecule has 3 rings (SSSR count). The van der Waals surface area contributed by atoms with Crippen molar-refractivity contribution in [1.82, 2.24) is 0 Å². The molecule has 0 saturated carbocycles. The van der Waals surface area contributed by atoms with E-state index < -0.39 is 30.0 Å². The number of benzene rings is 2. The Morgan fingerprint density at radius 2 is 1.33 bits per heavy atom. The van der Waals surface area contributed by atoms with Crippen LogP contribution in [0.15, 0.2) is 72.8 Å². The molecule has 0 radical (unpaired) electrons. The van der Waals surface area contributed by atoms with Gasteiger partial charge in [-0.3, -0.25) is 4.79 Å². The first-order chi connectivity index (χ1) is 20.3. The maximum atomic E-state index is 13.2. The molecule has 42 heavy (non-hydrogen) atoms. The molecule has 1 aliphatic rings. The van der Waals surface area contributed by atoms with Crippen molar-refractivity contribution in [3.63, 3.8) is 0 Å². The number of ether oxygens (including phenoxy) is 6. The van der Waals surface area contributed by atoms with E-state index in [1.165, 1.54) is 0 Å². The molecular formula is C35H50O7. The van der Waals surface area contributed by atoms with Gasteiger partial charge >= 0.3 is 5.97 Å². The van der Waals surface area contributed by atoms with Gasteiger partial charge in [0.05, 0.1) is 31.3 Å². The lowest BCUT2D eigenvalue weighted by Crippen LogP contribution is -2.61. The number of hydrogen-bond acceptors (Lipinski definition) is 7. The molecule has 2 unspecified atom stereocenters. The van der Waals surface area contributed by atoms with Crippen LogP contribution in [0.3, 0.4) is 0 Å². The van der Waals surface area contributed by atoms with Gasteiger partial charge in [-0.25, -0.2) is 0 Å². The Bertz CT molecular complexity index is 1030. The zero-order chi connectivity index (χ0) is 30.2. The normalized spacial score (nSPS) is 22.8. The third kappa shape index (κ3) is 11.3. The van der Waals surface area contributed by atoms with Crippen LogP contribution in [0.5, 0.6) is 0 Å². The molecule has 1 fully saturated rings. The summed E-state index contributed by atoms with van der Waals surface area (Å²) in [5.74, 6) is -0.339. The fraction of sp³-hybridized carbons (Fsp3) is 0.571. The summed E-state index contributed by atoms with van der Waals surface area (Å²) in [4.78, 5) is 13.2. The Kier molecular flexibility index (Phi) is 14.7. The summed E-state index contributed by atoms with van der Waals surface area (Å²) in [7, 11) is 1.72. The van der Waals surface area contributed by atoms with E-state index >= 15 is 0 Å².